The molecule has 1 aromatic carbocycles. The van der Waals surface area contributed by atoms with Crippen molar-refractivity contribution in [2.24, 2.45) is 0 Å². The Labute approximate surface area is 72.2 Å². The minimum absolute atomic E-state index is 0.174. The van der Waals surface area contributed by atoms with Crippen LogP contribution in [0.15, 0.2) is 24.3 Å². The molecule has 5 heteroatoms. The summed E-state index contributed by atoms with van der Waals surface area (Å²) in [4.78, 5) is 10.6. The first-order chi connectivity index (χ1) is 5.91. The van der Waals surface area contributed by atoms with Gasteiger partial charge in [-0.05, 0) is 24.3 Å². The molecule has 13 heavy (non-hydrogen) atoms. The van der Waals surface area contributed by atoms with Gasteiger partial charge in [-0.25, -0.2) is 4.79 Å². The fourth-order valence-corrected chi connectivity index (χ4v) is 0.845. The number of hydrogen-bond acceptors (Lipinski definition) is 1. The second kappa shape index (κ2) is 3.18. The Morgan fingerprint density at radius 2 is 1.62 bits per heavy atom. The van der Waals surface area contributed by atoms with Crippen molar-refractivity contribution in [3.63, 3.8) is 0 Å². The normalized spacial score (nSPS) is 11.4. The number of alkyl halides is 3. The molecule has 0 aromatic heterocycles. The molecule has 0 atom stereocenters. The summed E-state index contributed by atoms with van der Waals surface area (Å²) in [6, 6.07) is 3.94. The van der Waals surface area contributed by atoms with E-state index in [0.29, 0.717) is 0 Å². The number of hydrogen-bond donors (Lipinski definition) is 1. The maximum absolute atomic E-state index is 12.0. The number of benzene rings is 1. The Kier molecular flexibility index (Phi) is 2.38. The van der Waals surface area contributed by atoms with E-state index in [9.17, 15) is 18.0 Å². The number of rotatable bonds is 1. The van der Waals surface area contributed by atoms with Crippen molar-refractivity contribution in [1.82, 2.24) is 0 Å². The third-order valence-electron chi connectivity index (χ3n) is 1.53. The monoisotopic (exact) mass is 190 g/mol. The van der Waals surface area contributed by atoms with Crippen LogP contribution in [-0.4, -0.2) is 5.91 Å². The van der Waals surface area contributed by atoms with E-state index in [1.54, 1.807) is 0 Å². The molecule has 0 aliphatic rings. The van der Waals surface area contributed by atoms with Gasteiger partial charge in [-0.3, -0.25) is 5.73 Å². The number of amides is 1. The lowest BCUT2D eigenvalue weighted by Gasteiger charge is -2.05. The van der Waals surface area contributed by atoms with Crippen LogP contribution in [0.5, 0.6) is 0 Å². The quantitative estimate of drug-likeness (QED) is 0.707. The summed E-state index contributed by atoms with van der Waals surface area (Å²) in [7, 11) is 0. The lowest BCUT2D eigenvalue weighted by molar-refractivity contribution is -0.255. The van der Waals surface area contributed by atoms with Crippen LogP contribution >= 0.6 is 0 Å². The van der Waals surface area contributed by atoms with E-state index in [4.69, 9.17) is 0 Å². The molecule has 1 aromatic rings. The van der Waals surface area contributed by atoms with Crippen molar-refractivity contribution in [2.45, 2.75) is 6.18 Å². The van der Waals surface area contributed by atoms with Crippen LogP contribution in [0.3, 0.4) is 0 Å². The van der Waals surface area contributed by atoms with Gasteiger partial charge >= 0.3 is 12.1 Å². The van der Waals surface area contributed by atoms with Crippen LogP contribution in [0.25, 0.3) is 0 Å². The van der Waals surface area contributed by atoms with Crippen LogP contribution in [0.2, 0.25) is 0 Å². The van der Waals surface area contributed by atoms with Crippen LogP contribution in [-0.2, 0) is 6.18 Å². The van der Waals surface area contributed by atoms with Crippen LogP contribution in [0.4, 0.5) is 13.2 Å². The van der Waals surface area contributed by atoms with Gasteiger partial charge in [0.25, 0.3) is 0 Å². The van der Waals surface area contributed by atoms with Gasteiger partial charge in [0.15, 0.2) is 0 Å². The molecule has 0 bridgehead atoms. The number of halogens is 3. The fraction of sp³-hybridized carbons (Fsp3) is 0.125. The predicted octanol–water partition coefficient (Wildman–Crippen LogP) is 1.09. The molecular formula is C8H7F3NO+. The van der Waals surface area contributed by atoms with Crippen molar-refractivity contribution in [3.8, 4) is 0 Å². The summed E-state index contributed by atoms with van der Waals surface area (Å²) in [5.74, 6) is -0.492. The molecule has 70 valence electrons. The molecule has 3 N–H and O–H groups in total. The second-order valence-electron chi connectivity index (χ2n) is 2.50. The summed E-state index contributed by atoms with van der Waals surface area (Å²) in [6.07, 6.45) is -4.36. The Morgan fingerprint density at radius 1 is 1.15 bits per heavy atom. The Morgan fingerprint density at radius 3 is 1.92 bits per heavy atom. The molecule has 0 saturated carbocycles. The van der Waals surface area contributed by atoms with Crippen LogP contribution < -0.4 is 5.73 Å². The Balaban J connectivity index is 3.01. The molecule has 0 fully saturated rings. The molecule has 0 heterocycles. The van der Waals surface area contributed by atoms with E-state index in [1.165, 1.54) is 0 Å². The predicted molar refractivity (Wildman–Crippen MR) is 38.7 cm³/mol. The number of carbonyl (C=O) groups is 1. The number of carbonyl (C=O) groups excluding carboxylic acids is 1. The minimum atomic E-state index is -4.36. The first kappa shape index (κ1) is 9.73. The van der Waals surface area contributed by atoms with Gasteiger partial charge in [-0.2, -0.15) is 13.2 Å². The first-order valence-electron chi connectivity index (χ1n) is 3.45. The van der Waals surface area contributed by atoms with Crippen molar-refractivity contribution >= 4 is 5.91 Å². The van der Waals surface area contributed by atoms with Gasteiger partial charge in [0.1, 0.15) is 0 Å². The van der Waals surface area contributed by atoms with Crippen LogP contribution in [0, 0.1) is 0 Å². The molecule has 2 nitrogen and oxygen atoms in total. The summed E-state index contributed by atoms with van der Waals surface area (Å²) >= 11 is 0. The van der Waals surface area contributed by atoms with E-state index >= 15 is 0 Å². The molecule has 0 spiro atoms. The van der Waals surface area contributed by atoms with E-state index in [0.717, 1.165) is 24.3 Å². The lowest BCUT2D eigenvalue weighted by Crippen LogP contribution is -2.56. The van der Waals surface area contributed by atoms with Crippen molar-refractivity contribution in [3.05, 3.63) is 35.4 Å². The SMILES string of the molecule is [NH3+]C(=O)c1ccc(C(F)(F)F)cc1. The maximum Gasteiger partial charge on any atom is 0.416 e. The molecule has 0 unspecified atom stereocenters. The van der Waals surface area contributed by atoms with Gasteiger partial charge in [0.2, 0.25) is 0 Å². The molecule has 0 aliphatic heterocycles. The van der Waals surface area contributed by atoms with E-state index in [1.807, 2.05) is 0 Å². The zero-order valence-electron chi connectivity index (χ0n) is 6.56. The Bertz CT molecular complexity index is 315. The highest BCUT2D eigenvalue weighted by molar-refractivity contribution is 5.85. The van der Waals surface area contributed by atoms with E-state index < -0.39 is 17.6 Å². The number of quaternary nitrogens is 1. The second-order valence-corrected chi connectivity index (χ2v) is 2.50. The molecule has 0 radical (unpaired) electrons. The topological polar surface area (TPSA) is 44.7 Å². The zero-order chi connectivity index (χ0) is 10.1. The molecule has 1 rings (SSSR count). The maximum atomic E-state index is 12.0. The first-order valence-corrected chi connectivity index (χ1v) is 3.45. The summed E-state index contributed by atoms with van der Waals surface area (Å²) in [5, 5.41) is 0. The summed E-state index contributed by atoms with van der Waals surface area (Å²) in [6.45, 7) is 0. The highest BCUT2D eigenvalue weighted by Crippen LogP contribution is 2.28. The molecule has 0 saturated heterocycles. The van der Waals surface area contributed by atoms with Crippen molar-refractivity contribution in [2.75, 3.05) is 0 Å². The molecular weight excluding hydrogens is 183 g/mol. The average Bonchev–Trinajstić information content (AvgIpc) is 2.03. The summed E-state index contributed by atoms with van der Waals surface area (Å²) in [5.41, 5.74) is 2.49. The summed E-state index contributed by atoms with van der Waals surface area (Å²) < 4.78 is 36.1. The largest absolute Gasteiger partial charge is 0.416 e. The third-order valence-corrected chi connectivity index (χ3v) is 1.53. The van der Waals surface area contributed by atoms with Gasteiger partial charge in [-0.15, -0.1) is 0 Å². The van der Waals surface area contributed by atoms with E-state index in [-0.39, 0.29) is 5.56 Å². The lowest BCUT2D eigenvalue weighted by atomic mass is 10.1. The fourth-order valence-electron chi connectivity index (χ4n) is 0.845. The molecule has 0 aliphatic carbocycles. The highest BCUT2D eigenvalue weighted by Gasteiger charge is 2.30. The highest BCUT2D eigenvalue weighted by atomic mass is 19.4. The standard InChI is InChI=1S/C8H6F3NO/c9-8(10,11)6-3-1-5(2-4-6)7(12)13/h1-4H,(H2,12,13)/p+1. The zero-order valence-corrected chi connectivity index (χ0v) is 6.56. The van der Waals surface area contributed by atoms with Gasteiger partial charge in [0.05, 0.1) is 11.1 Å². The van der Waals surface area contributed by atoms with Gasteiger partial charge in [0, 0.05) is 0 Å². The smallest absolute Gasteiger partial charge is 0.290 e. The molecule has 1 amide bonds. The van der Waals surface area contributed by atoms with Gasteiger partial charge in [-0.1, -0.05) is 0 Å². The minimum Gasteiger partial charge on any atom is -0.290 e. The van der Waals surface area contributed by atoms with Crippen molar-refractivity contribution in [1.29, 1.82) is 0 Å². The Hall–Kier alpha value is -1.36. The van der Waals surface area contributed by atoms with Crippen LogP contribution in [0.1, 0.15) is 15.9 Å². The van der Waals surface area contributed by atoms with Gasteiger partial charge < -0.3 is 0 Å². The van der Waals surface area contributed by atoms with E-state index in [2.05, 4.69) is 5.73 Å². The average molecular weight is 190 g/mol. The third kappa shape index (κ3) is 2.29. The van der Waals surface area contributed by atoms with Crippen molar-refractivity contribution < 1.29 is 23.7 Å².